The van der Waals surface area contributed by atoms with Crippen molar-refractivity contribution in [1.82, 2.24) is 9.88 Å². The molecule has 0 radical (unpaired) electrons. The number of aliphatic hydroxyl groups excluding tert-OH is 2. The number of nitrogens with one attached hydrogen (secondary N) is 1. The number of methoxy groups -OCH3 is 1. The monoisotopic (exact) mass is 1090 g/mol. The number of rotatable bonds is 3. The number of aromatic hydroxyl groups is 1. The van der Waals surface area contributed by atoms with Crippen molar-refractivity contribution in [3.05, 3.63) is 109 Å². The molecule has 5 aromatic rings. The third kappa shape index (κ3) is 6.57. The van der Waals surface area contributed by atoms with Gasteiger partial charge in [0.25, 0.3) is 5.91 Å². The first-order valence-corrected chi connectivity index (χ1v) is 30.2. The molecule has 1 aromatic heterocycles. The predicted octanol–water partition coefficient (Wildman–Crippen LogP) is 8.68. The number of carbonyl (C=O) groups is 2. The molecule has 4 aromatic carbocycles. The van der Waals surface area contributed by atoms with E-state index in [2.05, 4.69) is 29.2 Å². The van der Waals surface area contributed by atoms with Crippen LogP contribution in [0.3, 0.4) is 0 Å². The fraction of sp³-hybridized carbons (Fsp3) is 0.522. The zero-order chi connectivity index (χ0) is 54.6. The van der Waals surface area contributed by atoms with Gasteiger partial charge in [-0.25, -0.2) is 0 Å². The number of ether oxygens (including phenoxy) is 5. The summed E-state index contributed by atoms with van der Waals surface area (Å²) in [4.78, 5) is 35.2. The van der Waals surface area contributed by atoms with Crippen molar-refractivity contribution < 1.29 is 58.8 Å². The number of ketones is 1. The highest BCUT2D eigenvalue weighted by atomic mass is 16.7. The average Bonchev–Trinajstić information content (AvgIpc) is 2.21. The molecule has 4 saturated carbocycles. The third-order valence-corrected chi connectivity index (χ3v) is 23.0. The van der Waals surface area contributed by atoms with Crippen LogP contribution in [0.2, 0.25) is 0 Å². The van der Waals surface area contributed by atoms with Gasteiger partial charge in [0.1, 0.15) is 41.7 Å². The largest absolute Gasteiger partial charge is 0.506 e. The molecule has 4 aliphatic heterocycles. The second-order valence-electron chi connectivity index (χ2n) is 26.4. The Morgan fingerprint density at radius 3 is 2.72 bits per heavy atom. The molecule has 1 amide bonds. The number of hydrogen-bond acceptors (Lipinski definition) is 12. The number of H-pyrrole nitrogens is 1. The number of Topliss-reactive ketones (excluding diaryl/α,β-unsaturated/α-hetero) is 1. The fourth-order valence-electron chi connectivity index (χ4n) is 19.6. The van der Waals surface area contributed by atoms with E-state index in [9.17, 15) is 30.3 Å². The molecular formula is C67H68N2O12. The van der Waals surface area contributed by atoms with Crippen LogP contribution in [0.4, 0.5) is 0 Å². The highest BCUT2D eigenvalue weighted by Crippen LogP contribution is 2.69. The predicted molar refractivity (Wildman–Crippen MR) is 299 cm³/mol. The molecule has 14 atom stereocenters. The number of aryl methyl sites for hydroxylation is 2. The van der Waals surface area contributed by atoms with Gasteiger partial charge >= 0.3 is 0 Å². The first-order chi connectivity index (χ1) is 39.4. The van der Waals surface area contributed by atoms with Crippen LogP contribution in [0, 0.1) is 41.6 Å². The van der Waals surface area contributed by atoms with Gasteiger partial charge in [-0.2, -0.15) is 0 Å². The van der Waals surface area contributed by atoms with Crippen molar-refractivity contribution in [2.24, 2.45) is 29.6 Å². The summed E-state index contributed by atoms with van der Waals surface area (Å²) < 4.78 is 33.8. The van der Waals surface area contributed by atoms with Crippen LogP contribution in [-0.4, -0.2) is 110 Å². The number of phenolic OH excluding ortho intramolecular Hbond substituents is 1. The van der Waals surface area contributed by atoms with Gasteiger partial charge in [-0.05, 0) is 182 Å². The molecule has 1 spiro atoms. The average molecular weight is 1090 g/mol. The molecular weight excluding hydrogens is 1020 g/mol. The number of aromatic amines is 1. The molecule has 5 heterocycles. The summed E-state index contributed by atoms with van der Waals surface area (Å²) in [6.45, 7) is -1.33. The van der Waals surface area contributed by atoms with Crippen LogP contribution < -0.4 is 9.47 Å². The molecule has 17 rings (SSSR count). The van der Waals surface area contributed by atoms with Crippen molar-refractivity contribution in [1.29, 1.82) is 0 Å². The maximum absolute atomic E-state index is 15.6. The second kappa shape index (κ2) is 17.4. The number of hydrogen-bond donors (Lipinski definition) is 6. The lowest BCUT2D eigenvalue weighted by molar-refractivity contribution is -0.328. The Kier molecular flexibility index (Phi) is 10.6. The molecule has 5 fully saturated rings. The van der Waals surface area contributed by atoms with Crippen LogP contribution in [0.5, 0.6) is 17.2 Å². The van der Waals surface area contributed by atoms with Gasteiger partial charge in [0.15, 0.2) is 17.5 Å². The van der Waals surface area contributed by atoms with Crippen molar-refractivity contribution in [2.75, 3.05) is 26.9 Å². The van der Waals surface area contributed by atoms with Gasteiger partial charge in [-0.1, -0.05) is 43.0 Å². The minimum Gasteiger partial charge on any atom is -0.506 e. The lowest BCUT2D eigenvalue weighted by Crippen LogP contribution is -2.70. The molecule has 8 aliphatic carbocycles. The van der Waals surface area contributed by atoms with E-state index >= 15 is 4.79 Å². The van der Waals surface area contributed by atoms with Crippen molar-refractivity contribution in [3.63, 3.8) is 0 Å². The second-order valence-corrected chi connectivity index (χ2v) is 26.4. The molecule has 6 N–H and O–H groups in total. The number of carbonyl (C=O) groups excluding carboxylic acids is 2. The fourth-order valence-corrected chi connectivity index (χ4v) is 19.6. The van der Waals surface area contributed by atoms with E-state index in [1.165, 1.54) is 29.5 Å². The Balaban J connectivity index is 0.905. The minimum absolute atomic E-state index is 0.0335. The van der Waals surface area contributed by atoms with Gasteiger partial charge in [0.05, 0.1) is 49.0 Å². The van der Waals surface area contributed by atoms with E-state index in [1.54, 1.807) is 24.1 Å². The first-order valence-electron chi connectivity index (χ1n) is 30.2. The van der Waals surface area contributed by atoms with Crippen molar-refractivity contribution in [3.8, 4) is 29.3 Å². The number of aliphatic hydroxyl groups is 4. The Morgan fingerprint density at radius 2 is 1.84 bits per heavy atom. The summed E-state index contributed by atoms with van der Waals surface area (Å²) in [6.07, 6.45) is 18.4. The molecule has 14 heteroatoms. The number of phenols is 1. The number of nitrogens with zero attached hydrogens (tertiary/aromatic N) is 1. The van der Waals surface area contributed by atoms with Gasteiger partial charge in [0.2, 0.25) is 6.29 Å². The van der Waals surface area contributed by atoms with Crippen molar-refractivity contribution >= 4 is 45.0 Å². The number of amides is 1. The number of aromatic nitrogens is 1. The lowest BCUT2D eigenvalue weighted by atomic mass is 9.47. The molecule has 1 saturated heterocycles. The van der Waals surface area contributed by atoms with Crippen molar-refractivity contribution in [2.45, 2.75) is 163 Å². The Labute approximate surface area is 469 Å². The van der Waals surface area contributed by atoms with E-state index in [1.807, 2.05) is 24.4 Å². The minimum atomic E-state index is -2.47. The summed E-state index contributed by atoms with van der Waals surface area (Å²) in [7, 11) is 1.61. The normalized spacial score (nSPS) is 36.3. The summed E-state index contributed by atoms with van der Waals surface area (Å²) in [5.74, 6) is 4.62. The lowest BCUT2D eigenvalue weighted by Gasteiger charge is -2.58. The van der Waals surface area contributed by atoms with Gasteiger partial charge < -0.3 is 59.1 Å². The van der Waals surface area contributed by atoms with E-state index in [0.717, 1.165) is 120 Å². The van der Waals surface area contributed by atoms with Gasteiger partial charge in [-0.3, -0.25) is 9.59 Å². The highest BCUT2D eigenvalue weighted by molar-refractivity contribution is 6.17. The molecule has 418 valence electrons. The molecule has 14 nitrogen and oxygen atoms in total. The molecule has 14 unspecified atom stereocenters. The zero-order valence-corrected chi connectivity index (χ0v) is 45.7. The smallest absolute Gasteiger partial charge is 0.254 e. The van der Waals surface area contributed by atoms with E-state index in [-0.39, 0.29) is 71.7 Å². The summed E-state index contributed by atoms with van der Waals surface area (Å²) in [6, 6.07) is 7.80. The first kappa shape index (κ1) is 49.4. The highest BCUT2D eigenvalue weighted by Gasteiger charge is 2.66. The van der Waals surface area contributed by atoms with E-state index in [0.29, 0.717) is 58.8 Å². The van der Waals surface area contributed by atoms with Gasteiger partial charge in [0, 0.05) is 57.6 Å². The van der Waals surface area contributed by atoms with Crippen LogP contribution >= 0.6 is 0 Å². The maximum atomic E-state index is 15.6. The maximum Gasteiger partial charge on any atom is 0.254 e. The van der Waals surface area contributed by atoms with E-state index < -0.39 is 54.3 Å². The van der Waals surface area contributed by atoms with Crippen LogP contribution in [0.15, 0.2) is 42.6 Å². The quantitative estimate of drug-likeness (QED) is 0.0941. The Bertz CT molecular complexity index is 3770. The van der Waals surface area contributed by atoms with E-state index in [4.69, 9.17) is 23.7 Å². The van der Waals surface area contributed by atoms with Crippen LogP contribution in [0.25, 0.3) is 33.3 Å². The summed E-state index contributed by atoms with van der Waals surface area (Å²) in [5, 5.41) is 65.0. The zero-order valence-electron chi connectivity index (χ0n) is 45.7. The van der Waals surface area contributed by atoms with Crippen LogP contribution in [0.1, 0.15) is 165 Å². The standard InChI is InChI=1S/C67H68N2O12/c1-77-60-42-17-14-35-22-34-7-3-10-39(34)53-51(35)54(42)56-59(73)55(53)48(71)28-69-27-45-32(6-2-11-40(45)63(69)74)8-5-21-78-62-58(72)50-29-79-49(19-18-43(60)61(56)81-64(80-50)67(62,76)31-70)44-26-68-47-24-36-23-38-15-12-33-13-16-41(52(44)47)57(36)66(38)30-65(75)20-4-9-37(65)25-46(33)66/h2,6,11,18-19,22,24,26,33-34,37-39,46,49-50,58,62,64,68,70,72-73,75-76H,3-4,7-10,12-17,20,23,25,27-31H2,1H3. The summed E-state index contributed by atoms with van der Waals surface area (Å²) in [5.41, 5.74) is 8.98. The molecule has 10 bridgehead atoms. The van der Waals surface area contributed by atoms with Gasteiger partial charge in [-0.15, -0.1) is 0 Å². The molecule has 12 aliphatic rings. The number of allylic oxidation sites excluding steroid dienone is 2. The Morgan fingerprint density at radius 1 is 0.938 bits per heavy atom. The topological polar surface area (TPSA) is 200 Å². The van der Waals surface area contributed by atoms with Crippen LogP contribution in [-0.2, 0) is 51.9 Å². The number of fused-ring (bicyclic) bond motifs is 10. The molecule has 81 heavy (non-hydrogen) atoms. The summed E-state index contributed by atoms with van der Waals surface area (Å²) >= 11 is 0. The SMILES string of the molecule is COc1c2c3c4c(O)c(c5c6c4c1CCC6=CC1CCCC51)C(=O)CN1Cc4c(cccc4C1=O)CC#COC1C(O)C(COC(c4c[nH]c5cc6c7c(c45)CCC4CCC(C6)C75CC6(O)CCCC6CC45)C=C2)OC(O3)C1(O)CO. The third-order valence-electron chi connectivity index (χ3n) is 23.0. The Hall–Kier alpha value is -6.18. The number of benzene rings is 4.